The van der Waals surface area contributed by atoms with Crippen molar-refractivity contribution in [3.63, 3.8) is 0 Å². The fourth-order valence-electron chi connectivity index (χ4n) is 2.83. The van der Waals surface area contributed by atoms with Gasteiger partial charge in [0, 0.05) is 13.1 Å². The summed E-state index contributed by atoms with van der Waals surface area (Å²) in [5.74, 6) is 0.573. The van der Waals surface area contributed by atoms with Crippen LogP contribution in [0, 0.1) is 11.8 Å². The zero-order chi connectivity index (χ0) is 18.2. The van der Waals surface area contributed by atoms with Gasteiger partial charge in [-0.1, -0.05) is 27.7 Å². The Morgan fingerprint density at radius 2 is 1.67 bits per heavy atom. The van der Waals surface area contributed by atoms with Crippen LogP contribution in [0.3, 0.4) is 0 Å². The summed E-state index contributed by atoms with van der Waals surface area (Å²) in [4.78, 5) is 30.1. The van der Waals surface area contributed by atoms with Crippen molar-refractivity contribution in [2.75, 3.05) is 0 Å². The highest BCUT2D eigenvalue weighted by molar-refractivity contribution is 5.70. The highest BCUT2D eigenvalue weighted by Crippen LogP contribution is 2.12. The van der Waals surface area contributed by atoms with Gasteiger partial charge in [0.1, 0.15) is 0 Å². The van der Waals surface area contributed by atoms with E-state index >= 15 is 0 Å². The number of aliphatic hydroxyl groups is 1. The molecule has 134 valence electrons. The van der Waals surface area contributed by atoms with Crippen LogP contribution in [0.15, 0.2) is 15.9 Å². The SMILES string of the molecule is CC(C)Cn1cnc2c1c(=O)n(CC(C)(C)O)c(=O)n2CC(C)C. The first kappa shape index (κ1) is 18.4. The van der Waals surface area contributed by atoms with Crippen molar-refractivity contribution in [1.82, 2.24) is 18.7 Å². The highest BCUT2D eigenvalue weighted by atomic mass is 16.3. The standard InChI is InChI=1S/C17H28N4O3/c1-11(2)7-19-10-18-14-13(19)15(22)21(9-17(5,6)24)16(23)20(14)8-12(3)4/h10-12,24H,7-9H2,1-6H3. The molecule has 0 fully saturated rings. The second-order valence-corrected chi connectivity index (χ2v) is 7.95. The van der Waals surface area contributed by atoms with Crippen LogP contribution in [0.5, 0.6) is 0 Å². The molecule has 0 aliphatic rings. The molecule has 7 nitrogen and oxygen atoms in total. The summed E-state index contributed by atoms with van der Waals surface area (Å²) < 4.78 is 4.48. The molecule has 0 atom stereocenters. The lowest BCUT2D eigenvalue weighted by Gasteiger charge is -2.20. The van der Waals surface area contributed by atoms with Gasteiger partial charge in [0.15, 0.2) is 11.2 Å². The molecule has 24 heavy (non-hydrogen) atoms. The number of rotatable bonds is 6. The summed E-state index contributed by atoms with van der Waals surface area (Å²) in [6, 6.07) is 0. The number of fused-ring (bicyclic) bond motifs is 1. The minimum atomic E-state index is -1.16. The Kier molecular flexibility index (Phi) is 5.03. The third-order valence-corrected chi connectivity index (χ3v) is 3.64. The summed E-state index contributed by atoms with van der Waals surface area (Å²) in [5, 5.41) is 10.1. The van der Waals surface area contributed by atoms with Gasteiger partial charge in [0.25, 0.3) is 5.56 Å². The third-order valence-electron chi connectivity index (χ3n) is 3.64. The molecule has 0 bridgehead atoms. The molecule has 0 saturated carbocycles. The van der Waals surface area contributed by atoms with Gasteiger partial charge in [-0.3, -0.25) is 13.9 Å². The predicted octanol–water partition coefficient (Wildman–Crippen LogP) is 1.44. The maximum absolute atomic E-state index is 12.9. The molecule has 0 aliphatic heterocycles. The monoisotopic (exact) mass is 336 g/mol. The minimum absolute atomic E-state index is 0.0500. The van der Waals surface area contributed by atoms with E-state index in [0.717, 1.165) is 4.57 Å². The van der Waals surface area contributed by atoms with E-state index in [0.29, 0.717) is 30.2 Å². The summed E-state index contributed by atoms with van der Waals surface area (Å²) in [5.41, 5.74) is -1.12. The summed E-state index contributed by atoms with van der Waals surface area (Å²) in [6.07, 6.45) is 1.62. The Bertz CT molecular complexity index is 834. The lowest BCUT2D eigenvalue weighted by Crippen LogP contribution is -2.45. The Balaban J connectivity index is 2.81. The van der Waals surface area contributed by atoms with Gasteiger partial charge in [-0.25, -0.2) is 9.78 Å². The van der Waals surface area contributed by atoms with Crippen molar-refractivity contribution in [2.24, 2.45) is 11.8 Å². The number of nitrogens with zero attached hydrogens (tertiary/aromatic N) is 4. The van der Waals surface area contributed by atoms with Crippen molar-refractivity contribution in [3.05, 3.63) is 27.2 Å². The fourth-order valence-corrected chi connectivity index (χ4v) is 2.83. The van der Waals surface area contributed by atoms with Crippen molar-refractivity contribution >= 4 is 11.2 Å². The Hall–Kier alpha value is -1.89. The maximum Gasteiger partial charge on any atom is 0.332 e. The van der Waals surface area contributed by atoms with E-state index in [1.54, 1.807) is 29.3 Å². The van der Waals surface area contributed by atoms with Crippen molar-refractivity contribution in [3.8, 4) is 0 Å². The van der Waals surface area contributed by atoms with E-state index in [4.69, 9.17) is 0 Å². The molecule has 2 rings (SSSR count). The lowest BCUT2D eigenvalue weighted by molar-refractivity contribution is 0.0587. The molecule has 0 aromatic carbocycles. The van der Waals surface area contributed by atoms with Gasteiger partial charge < -0.3 is 9.67 Å². The van der Waals surface area contributed by atoms with E-state index in [9.17, 15) is 14.7 Å². The smallest absolute Gasteiger partial charge is 0.332 e. The first-order valence-electron chi connectivity index (χ1n) is 8.42. The zero-order valence-corrected chi connectivity index (χ0v) is 15.4. The van der Waals surface area contributed by atoms with Crippen molar-refractivity contribution < 1.29 is 5.11 Å². The van der Waals surface area contributed by atoms with E-state index in [2.05, 4.69) is 18.8 Å². The molecule has 7 heteroatoms. The van der Waals surface area contributed by atoms with Crippen LogP contribution in [0.2, 0.25) is 0 Å². The zero-order valence-electron chi connectivity index (χ0n) is 15.4. The molecule has 2 aromatic rings. The van der Waals surface area contributed by atoms with E-state index < -0.39 is 16.9 Å². The van der Waals surface area contributed by atoms with Crippen molar-refractivity contribution in [2.45, 2.75) is 66.8 Å². The van der Waals surface area contributed by atoms with E-state index in [-0.39, 0.29) is 12.5 Å². The van der Waals surface area contributed by atoms with Crippen LogP contribution in [0.25, 0.3) is 11.2 Å². The molecule has 2 aromatic heterocycles. The second-order valence-electron chi connectivity index (χ2n) is 7.95. The van der Waals surface area contributed by atoms with Crippen LogP contribution in [0.4, 0.5) is 0 Å². The predicted molar refractivity (Wildman–Crippen MR) is 94.2 cm³/mol. The Morgan fingerprint density at radius 3 is 2.17 bits per heavy atom. The topological polar surface area (TPSA) is 82.1 Å². The van der Waals surface area contributed by atoms with Crippen LogP contribution in [0.1, 0.15) is 41.5 Å². The summed E-state index contributed by atoms with van der Waals surface area (Å²) in [7, 11) is 0. The van der Waals surface area contributed by atoms with Gasteiger partial charge >= 0.3 is 5.69 Å². The molecule has 2 heterocycles. The first-order valence-corrected chi connectivity index (χ1v) is 8.42. The van der Waals surface area contributed by atoms with E-state index in [1.165, 1.54) is 0 Å². The fraction of sp³-hybridized carbons (Fsp3) is 0.706. The van der Waals surface area contributed by atoms with Crippen LogP contribution >= 0.6 is 0 Å². The molecule has 1 N–H and O–H groups in total. The van der Waals surface area contributed by atoms with E-state index in [1.807, 2.05) is 13.8 Å². The van der Waals surface area contributed by atoms with Crippen LogP contribution in [-0.2, 0) is 19.6 Å². The minimum Gasteiger partial charge on any atom is -0.389 e. The van der Waals surface area contributed by atoms with Gasteiger partial charge in [-0.15, -0.1) is 0 Å². The first-order chi connectivity index (χ1) is 11.0. The molecule has 0 unspecified atom stereocenters. The van der Waals surface area contributed by atoms with Gasteiger partial charge in [0.2, 0.25) is 0 Å². The maximum atomic E-state index is 12.9. The average Bonchev–Trinajstić information content (AvgIpc) is 2.81. The van der Waals surface area contributed by atoms with Gasteiger partial charge in [-0.05, 0) is 25.7 Å². The number of aromatic nitrogens is 4. The van der Waals surface area contributed by atoms with Crippen LogP contribution < -0.4 is 11.2 Å². The number of hydrogen-bond donors (Lipinski definition) is 1. The largest absolute Gasteiger partial charge is 0.389 e. The molecular weight excluding hydrogens is 308 g/mol. The normalized spacial score (nSPS) is 12.7. The quantitative estimate of drug-likeness (QED) is 0.865. The highest BCUT2D eigenvalue weighted by Gasteiger charge is 2.23. The van der Waals surface area contributed by atoms with Gasteiger partial charge in [-0.2, -0.15) is 0 Å². The summed E-state index contributed by atoms with van der Waals surface area (Å²) in [6.45, 7) is 12.4. The Labute approximate surface area is 141 Å². The molecule has 0 spiro atoms. The molecule has 0 aliphatic carbocycles. The molecule has 0 radical (unpaired) electrons. The third kappa shape index (κ3) is 3.77. The second kappa shape index (κ2) is 6.55. The number of hydrogen-bond acceptors (Lipinski definition) is 4. The van der Waals surface area contributed by atoms with Crippen molar-refractivity contribution in [1.29, 1.82) is 0 Å². The van der Waals surface area contributed by atoms with Gasteiger partial charge in [0.05, 0.1) is 18.5 Å². The number of imidazole rings is 1. The summed E-state index contributed by atoms with van der Waals surface area (Å²) >= 11 is 0. The molecule has 0 saturated heterocycles. The lowest BCUT2D eigenvalue weighted by atomic mass is 10.1. The Morgan fingerprint density at radius 1 is 1.08 bits per heavy atom. The molecular formula is C17H28N4O3. The molecule has 0 amide bonds. The average molecular weight is 336 g/mol. The van der Waals surface area contributed by atoms with Crippen LogP contribution in [-0.4, -0.2) is 29.4 Å².